The van der Waals surface area contributed by atoms with Crippen LogP contribution in [0.15, 0.2) is 176 Å². The van der Waals surface area contributed by atoms with E-state index >= 15 is 0 Å². The van der Waals surface area contributed by atoms with E-state index in [1.54, 1.807) is 27.9 Å². The third-order valence-electron chi connectivity index (χ3n) is 29.1. The van der Waals surface area contributed by atoms with Crippen molar-refractivity contribution in [2.24, 2.45) is 88.8 Å². The molecule has 0 saturated heterocycles. The van der Waals surface area contributed by atoms with Gasteiger partial charge in [0, 0.05) is 24.5 Å². The summed E-state index contributed by atoms with van der Waals surface area (Å²) in [7, 11) is 0. The topological polar surface area (TPSA) is 0 Å². The summed E-state index contributed by atoms with van der Waals surface area (Å²) in [6.07, 6.45) is 69.1. The summed E-state index contributed by atoms with van der Waals surface area (Å²) in [5, 5.41) is 0. The summed E-state index contributed by atoms with van der Waals surface area (Å²) in [4.78, 5) is 5.28. The number of halogens is 5. The highest BCUT2D eigenvalue weighted by molar-refractivity contribution is 7.81. The van der Waals surface area contributed by atoms with E-state index in [1.807, 2.05) is 0 Å². The molecule has 610 valence electrons. The fourth-order valence-electron chi connectivity index (χ4n) is 21.4. The summed E-state index contributed by atoms with van der Waals surface area (Å²) < 4.78 is 0. The van der Waals surface area contributed by atoms with Crippen molar-refractivity contribution in [2.45, 2.75) is 316 Å². The lowest BCUT2D eigenvalue weighted by molar-refractivity contribution is 0.192. The lowest BCUT2D eigenvalue weighted by atomic mass is 9.70. The summed E-state index contributed by atoms with van der Waals surface area (Å²) in [5.74, 6) is 14.9. The first-order chi connectivity index (χ1) is 51.3. The van der Waals surface area contributed by atoms with Crippen molar-refractivity contribution in [3.8, 4) is 0 Å². The molecule has 0 spiro atoms. The maximum atomic E-state index is 4.37. The van der Waals surface area contributed by atoms with Crippen LogP contribution in [-0.4, -0.2) is 0 Å². The summed E-state index contributed by atoms with van der Waals surface area (Å²) in [6.45, 7) is 11.8. The van der Waals surface area contributed by atoms with Crippen LogP contribution in [0.1, 0.15) is 319 Å². The van der Waals surface area contributed by atoms with E-state index in [9.17, 15) is 0 Å². The fourth-order valence-corrected chi connectivity index (χ4v) is 22.2. The number of hydrogen-bond acceptors (Lipinski definition) is 5. The van der Waals surface area contributed by atoms with E-state index in [-0.39, 0.29) is 23.5 Å². The zero-order valence-corrected chi connectivity index (χ0v) is 72.6. The van der Waals surface area contributed by atoms with Crippen LogP contribution in [0.4, 0.5) is 23.5 Å². The minimum Gasteiger partial charge on any atom is -0.269 e. The SMILES string of the molecule is CCC1CCC(C2CC=C(c3ccc(S)cc3)CC2)CC1.CCC1CCC(C2CC=C(c3ccc(S)cc3)CC2)CC1.CCC1CCC(C2CC=C(c3ccc(S)cc3)CC2)CC1.CCC1CCC(C2CC=C(c3ccc(S)cc3)CC2)CC1.CCC1CCC(C2CC=C(c3ccc(S)cc3)CC2)CC1.F.F.F.F.F. The average Bonchev–Trinajstić information content (AvgIpc) is 0.854. The molecule has 0 N–H and O–H groups in total. The van der Waals surface area contributed by atoms with E-state index in [2.05, 4.69) is 249 Å². The van der Waals surface area contributed by atoms with E-state index < -0.39 is 0 Å². The minimum absolute atomic E-state index is 0. The number of thiol groups is 5. The van der Waals surface area contributed by atoms with Crippen molar-refractivity contribution < 1.29 is 23.5 Å². The quantitative estimate of drug-likeness (QED) is 0.0501. The maximum absolute atomic E-state index is 4.37. The zero-order chi connectivity index (χ0) is 73.3. The minimum atomic E-state index is 0. The molecule has 110 heavy (non-hydrogen) atoms. The molecule has 5 unspecified atom stereocenters. The van der Waals surface area contributed by atoms with Gasteiger partial charge in [0.05, 0.1) is 0 Å². The first-order valence-corrected chi connectivity index (χ1v) is 46.0. The monoisotopic (exact) mass is 1600 g/mol. The molecular weight excluding hydrogens is 1460 g/mol. The zero-order valence-electron chi connectivity index (χ0n) is 68.2. The van der Waals surface area contributed by atoms with Crippen molar-refractivity contribution in [3.05, 3.63) is 180 Å². The Labute approximate surface area is 693 Å². The lowest BCUT2D eigenvalue weighted by Gasteiger charge is -2.35. The van der Waals surface area contributed by atoms with E-state index in [0.717, 1.165) is 113 Å². The Kier molecular flexibility index (Phi) is 43.2. The van der Waals surface area contributed by atoms with Crippen LogP contribution in [0.2, 0.25) is 0 Å². The Morgan fingerprint density at radius 3 is 0.436 bits per heavy atom. The van der Waals surface area contributed by atoms with Gasteiger partial charge in [-0.2, -0.15) is 0 Å². The molecule has 5 aromatic rings. The van der Waals surface area contributed by atoms with Gasteiger partial charge in [-0.25, -0.2) is 0 Å². The molecule has 5 aromatic carbocycles. The fraction of sp³-hybridized carbons (Fsp3) is 0.600. The second kappa shape index (κ2) is 50.0. The van der Waals surface area contributed by atoms with Crippen LogP contribution in [0, 0.1) is 88.8 Å². The maximum Gasteiger partial charge on any atom is 0.00403 e. The van der Waals surface area contributed by atoms with E-state index in [4.69, 9.17) is 0 Å². The third-order valence-corrected chi connectivity index (χ3v) is 30.6. The molecule has 0 bridgehead atoms. The Morgan fingerprint density at radius 1 is 0.191 bits per heavy atom. The molecule has 10 aliphatic carbocycles. The predicted molar refractivity (Wildman–Crippen MR) is 486 cm³/mol. The summed E-state index contributed by atoms with van der Waals surface area (Å²) in [5.41, 5.74) is 14.8. The van der Waals surface area contributed by atoms with Gasteiger partial charge in [-0.15, -0.1) is 63.1 Å². The van der Waals surface area contributed by atoms with Gasteiger partial charge in [0.1, 0.15) is 0 Å². The van der Waals surface area contributed by atoms with Crippen molar-refractivity contribution in [3.63, 3.8) is 0 Å². The van der Waals surface area contributed by atoms with Gasteiger partial charge >= 0.3 is 0 Å². The first kappa shape index (κ1) is 95.0. The number of hydrogen-bond donors (Lipinski definition) is 5. The summed E-state index contributed by atoms with van der Waals surface area (Å²) in [6, 6.07) is 43.3. The van der Waals surface area contributed by atoms with Gasteiger partial charge < -0.3 is 0 Å². The van der Waals surface area contributed by atoms with Crippen LogP contribution in [0.3, 0.4) is 0 Å². The molecule has 5 fully saturated rings. The lowest BCUT2D eigenvalue weighted by Crippen LogP contribution is -2.22. The molecule has 15 rings (SSSR count). The van der Waals surface area contributed by atoms with Crippen molar-refractivity contribution in [1.82, 2.24) is 0 Å². The Hall–Kier alpha value is -3.80. The third kappa shape index (κ3) is 28.8. The van der Waals surface area contributed by atoms with Gasteiger partial charge in [-0.05, 0) is 366 Å². The largest absolute Gasteiger partial charge is 0.269 e. The molecule has 0 aromatic heterocycles. The van der Waals surface area contributed by atoms with Crippen LogP contribution < -0.4 is 0 Å². The molecule has 5 atom stereocenters. The second-order valence-electron chi connectivity index (χ2n) is 35.0. The van der Waals surface area contributed by atoms with Crippen LogP contribution >= 0.6 is 63.1 Å². The smallest absolute Gasteiger partial charge is 0.00403 e. The van der Waals surface area contributed by atoms with E-state index in [1.165, 1.54) is 285 Å². The van der Waals surface area contributed by atoms with Crippen LogP contribution in [-0.2, 0) is 0 Å². The highest BCUT2D eigenvalue weighted by atomic mass is 32.1. The second-order valence-corrected chi connectivity index (χ2v) is 37.6. The molecule has 10 aliphatic rings. The van der Waals surface area contributed by atoms with Gasteiger partial charge in [-0.3, -0.25) is 23.5 Å². The standard InChI is InChI=1S/5C20H28S.5FH/c5*1-2-15-3-5-16(6-4-15)17-7-9-18(10-8-17)19-11-13-20(21)14-12-19;;;;;/h5*9,11-17,21H,2-8,10H2,1H3;5*1H. The molecule has 5 saturated carbocycles. The average molecular weight is 1600 g/mol. The van der Waals surface area contributed by atoms with Gasteiger partial charge in [0.15, 0.2) is 0 Å². The van der Waals surface area contributed by atoms with Crippen LogP contribution in [0.25, 0.3) is 27.9 Å². The Morgan fingerprint density at radius 2 is 0.327 bits per heavy atom. The molecule has 0 aliphatic heterocycles. The molecule has 10 heteroatoms. The van der Waals surface area contributed by atoms with Crippen molar-refractivity contribution in [2.75, 3.05) is 0 Å². The van der Waals surface area contributed by atoms with Gasteiger partial charge in [-0.1, -0.05) is 222 Å². The summed E-state index contributed by atoms with van der Waals surface area (Å²) >= 11 is 21.9. The first-order valence-electron chi connectivity index (χ1n) is 43.7. The highest BCUT2D eigenvalue weighted by Gasteiger charge is 2.34. The molecule has 0 heterocycles. The highest BCUT2D eigenvalue weighted by Crippen LogP contribution is 2.48. The van der Waals surface area contributed by atoms with Gasteiger partial charge in [0.25, 0.3) is 0 Å². The van der Waals surface area contributed by atoms with E-state index in [0.29, 0.717) is 0 Å². The normalized spacial score (nSPS) is 28.6. The van der Waals surface area contributed by atoms with Gasteiger partial charge in [0.2, 0.25) is 0 Å². The van der Waals surface area contributed by atoms with Crippen LogP contribution in [0.5, 0.6) is 0 Å². The van der Waals surface area contributed by atoms with Crippen molar-refractivity contribution in [1.29, 1.82) is 0 Å². The molecule has 0 amide bonds. The van der Waals surface area contributed by atoms with Crippen molar-refractivity contribution >= 4 is 91.0 Å². The number of benzene rings is 5. The molecular formula is C100H145F5S5. The Balaban J connectivity index is 0.000000212. The molecule has 0 radical (unpaired) electrons. The predicted octanol–water partition coefficient (Wildman–Crippen LogP) is 32.6. The number of rotatable bonds is 15. The number of allylic oxidation sites excluding steroid dienone is 10. The molecule has 0 nitrogen and oxygen atoms in total. The Bertz CT molecular complexity index is 2960.